The summed E-state index contributed by atoms with van der Waals surface area (Å²) in [5, 5.41) is 13.4. The number of hydrogen-bond donors (Lipinski definition) is 2. The van der Waals surface area contributed by atoms with E-state index in [9.17, 15) is 4.79 Å². The predicted molar refractivity (Wildman–Crippen MR) is 101 cm³/mol. The highest BCUT2D eigenvalue weighted by Crippen LogP contribution is 2.38. The lowest BCUT2D eigenvalue weighted by Crippen LogP contribution is -2.43. The van der Waals surface area contributed by atoms with Crippen molar-refractivity contribution in [2.24, 2.45) is 0 Å². The van der Waals surface area contributed by atoms with Gasteiger partial charge in [-0.05, 0) is 36.1 Å². The molecule has 0 radical (unpaired) electrons. The SMILES string of the molecule is CCCN1C(=O)c2ccc(Cl)cc2NC1c1cn[nH]c1-c1cccs1. The van der Waals surface area contributed by atoms with Crippen molar-refractivity contribution in [1.29, 1.82) is 0 Å². The van der Waals surface area contributed by atoms with Crippen LogP contribution in [0.5, 0.6) is 0 Å². The van der Waals surface area contributed by atoms with Gasteiger partial charge >= 0.3 is 0 Å². The maximum Gasteiger partial charge on any atom is 0.257 e. The van der Waals surface area contributed by atoms with Crippen LogP contribution in [0.4, 0.5) is 5.69 Å². The predicted octanol–water partition coefficient (Wildman–Crippen LogP) is 4.77. The summed E-state index contributed by atoms with van der Waals surface area (Å²) in [6.45, 7) is 2.73. The van der Waals surface area contributed by atoms with Crippen LogP contribution >= 0.6 is 22.9 Å². The smallest absolute Gasteiger partial charge is 0.257 e. The van der Waals surface area contributed by atoms with Crippen molar-refractivity contribution in [1.82, 2.24) is 15.1 Å². The number of thiophene rings is 1. The fraction of sp³-hybridized carbons (Fsp3) is 0.222. The van der Waals surface area contributed by atoms with Gasteiger partial charge in [-0.25, -0.2) is 0 Å². The van der Waals surface area contributed by atoms with Gasteiger partial charge in [-0.3, -0.25) is 9.89 Å². The van der Waals surface area contributed by atoms with E-state index in [1.807, 2.05) is 22.4 Å². The number of hydrogen-bond acceptors (Lipinski definition) is 4. The average Bonchev–Trinajstić information content (AvgIpc) is 3.27. The van der Waals surface area contributed by atoms with E-state index in [4.69, 9.17) is 11.6 Å². The van der Waals surface area contributed by atoms with E-state index < -0.39 is 0 Å². The molecule has 5 nitrogen and oxygen atoms in total. The quantitative estimate of drug-likeness (QED) is 0.693. The van der Waals surface area contributed by atoms with E-state index in [0.29, 0.717) is 17.1 Å². The van der Waals surface area contributed by atoms with Crippen LogP contribution in [0.2, 0.25) is 5.02 Å². The van der Waals surface area contributed by atoms with E-state index in [1.165, 1.54) is 0 Å². The molecular formula is C18H17ClN4OS. The number of aromatic amines is 1. The van der Waals surface area contributed by atoms with Gasteiger partial charge in [-0.1, -0.05) is 24.6 Å². The van der Waals surface area contributed by atoms with Crippen LogP contribution in [0.3, 0.4) is 0 Å². The van der Waals surface area contributed by atoms with Gasteiger partial charge in [0.05, 0.1) is 28.0 Å². The molecule has 0 spiro atoms. The summed E-state index contributed by atoms with van der Waals surface area (Å²) in [7, 11) is 0. The first-order valence-electron chi connectivity index (χ1n) is 8.13. The number of amides is 1. The highest BCUT2D eigenvalue weighted by molar-refractivity contribution is 7.13. The zero-order chi connectivity index (χ0) is 17.4. The van der Waals surface area contributed by atoms with Crippen LogP contribution in [-0.2, 0) is 0 Å². The Morgan fingerprint density at radius 1 is 1.36 bits per heavy atom. The van der Waals surface area contributed by atoms with Crippen LogP contribution in [-0.4, -0.2) is 27.5 Å². The van der Waals surface area contributed by atoms with Gasteiger partial charge in [0.15, 0.2) is 0 Å². The third-order valence-electron chi connectivity index (χ3n) is 4.27. The van der Waals surface area contributed by atoms with Crippen molar-refractivity contribution in [2.45, 2.75) is 19.5 Å². The van der Waals surface area contributed by atoms with E-state index in [0.717, 1.165) is 28.2 Å². The number of rotatable bonds is 4. The normalized spacial score (nSPS) is 16.6. The van der Waals surface area contributed by atoms with Crippen molar-refractivity contribution >= 4 is 34.5 Å². The Kier molecular flexibility index (Phi) is 4.23. The zero-order valence-electron chi connectivity index (χ0n) is 13.6. The molecule has 1 unspecified atom stereocenters. The highest BCUT2D eigenvalue weighted by atomic mass is 35.5. The van der Waals surface area contributed by atoms with Gasteiger partial charge in [0.25, 0.3) is 5.91 Å². The second-order valence-corrected chi connectivity index (χ2v) is 7.30. The number of H-pyrrole nitrogens is 1. The monoisotopic (exact) mass is 372 g/mol. The first-order chi connectivity index (χ1) is 12.2. The summed E-state index contributed by atoms with van der Waals surface area (Å²) < 4.78 is 0. The van der Waals surface area contributed by atoms with Crippen LogP contribution < -0.4 is 5.32 Å². The second-order valence-electron chi connectivity index (χ2n) is 5.91. The molecule has 1 atom stereocenters. The van der Waals surface area contributed by atoms with Crippen LogP contribution in [0.1, 0.15) is 35.4 Å². The highest BCUT2D eigenvalue weighted by Gasteiger charge is 2.34. The average molecular weight is 373 g/mol. The summed E-state index contributed by atoms with van der Waals surface area (Å²) in [4.78, 5) is 16.0. The fourth-order valence-corrected chi connectivity index (χ4v) is 4.07. The molecule has 128 valence electrons. The third-order valence-corrected chi connectivity index (χ3v) is 5.39. The number of benzene rings is 1. The van der Waals surface area contributed by atoms with Crippen molar-refractivity contribution in [3.05, 3.63) is 58.1 Å². The fourth-order valence-electron chi connectivity index (χ4n) is 3.16. The molecule has 2 aromatic heterocycles. The molecule has 0 saturated heterocycles. The summed E-state index contributed by atoms with van der Waals surface area (Å²) in [5.74, 6) is 0.00981. The summed E-state index contributed by atoms with van der Waals surface area (Å²) in [6, 6.07) is 9.38. The Hall–Kier alpha value is -2.31. The number of nitrogens with zero attached hydrogens (tertiary/aromatic N) is 2. The molecule has 1 amide bonds. The third kappa shape index (κ3) is 2.81. The van der Waals surface area contributed by atoms with Gasteiger partial charge in [-0.15, -0.1) is 11.3 Å². The molecule has 3 heterocycles. The molecule has 0 fully saturated rings. The molecule has 7 heteroatoms. The molecule has 0 bridgehead atoms. The number of carbonyl (C=O) groups excluding carboxylic acids is 1. The van der Waals surface area contributed by atoms with E-state index in [2.05, 4.69) is 22.4 Å². The van der Waals surface area contributed by atoms with Crippen molar-refractivity contribution in [3.63, 3.8) is 0 Å². The Morgan fingerprint density at radius 2 is 2.24 bits per heavy atom. The molecule has 4 rings (SSSR count). The van der Waals surface area contributed by atoms with Crippen LogP contribution in [0.25, 0.3) is 10.6 Å². The Bertz CT molecular complexity index is 906. The van der Waals surface area contributed by atoms with Crippen molar-refractivity contribution in [3.8, 4) is 10.6 Å². The molecule has 2 N–H and O–H groups in total. The minimum absolute atomic E-state index is 0.00981. The number of nitrogens with one attached hydrogen (secondary N) is 2. The van der Waals surface area contributed by atoms with Gasteiger partial charge in [0.2, 0.25) is 0 Å². The van der Waals surface area contributed by atoms with Gasteiger partial charge in [-0.2, -0.15) is 5.10 Å². The van der Waals surface area contributed by atoms with Crippen molar-refractivity contribution in [2.75, 3.05) is 11.9 Å². The number of carbonyl (C=O) groups is 1. The summed E-state index contributed by atoms with van der Waals surface area (Å²) >= 11 is 7.76. The van der Waals surface area contributed by atoms with Gasteiger partial charge < -0.3 is 10.2 Å². The second kappa shape index (κ2) is 6.54. The van der Waals surface area contributed by atoms with Crippen LogP contribution in [0.15, 0.2) is 41.9 Å². The number of fused-ring (bicyclic) bond motifs is 1. The standard InChI is InChI=1S/C18H17ClN4OS/c1-2-7-23-17(13-10-20-22-16(13)15-4-3-8-25-15)21-14-9-11(19)5-6-12(14)18(23)24/h3-6,8-10,17,21H,2,7H2,1H3,(H,20,22). The first kappa shape index (κ1) is 16.2. The minimum Gasteiger partial charge on any atom is -0.361 e. The van der Waals surface area contributed by atoms with E-state index in [1.54, 1.807) is 35.7 Å². The molecule has 1 aliphatic rings. The molecule has 1 aliphatic heterocycles. The van der Waals surface area contributed by atoms with Crippen molar-refractivity contribution < 1.29 is 4.79 Å². The van der Waals surface area contributed by atoms with E-state index in [-0.39, 0.29) is 12.1 Å². The molecular weight excluding hydrogens is 356 g/mol. The molecule has 1 aromatic carbocycles. The Balaban J connectivity index is 1.81. The number of aromatic nitrogens is 2. The lowest BCUT2D eigenvalue weighted by Gasteiger charge is -2.37. The topological polar surface area (TPSA) is 61.0 Å². The first-order valence-corrected chi connectivity index (χ1v) is 9.39. The molecule has 25 heavy (non-hydrogen) atoms. The van der Waals surface area contributed by atoms with Crippen LogP contribution in [0, 0.1) is 0 Å². The lowest BCUT2D eigenvalue weighted by molar-refractivity contribution is 0.0684. The number of anilines is 1. The Morgan fingerprint density at radius 3 is 3.00 bits per heavy atom. The summed E-state index contributed by atoms with van der Waals surface area (Å²) in [5.41, 5.74) is 3.30. The van der Waals surface area contributed by atoms with Gasteiger partial charge in [0.1, 0.15) is 6.17 Å². The van der Waals surface area contributed by atoms with E-state index >= 15 is 0 Å². The Labute approximate surface area is 154 Å². The van der Waals surface area contributed by atoms with Gasteiger partial charge in [0, 0.05) is 17.1 Å². The number of halogens is 1. The molecule has 0 aliphatic carbocycles. The minimum atomic E-state index is -0.283. The summed E-state index contributed by atoms with van der Waals surface area (Å²) in [6.07, 6.45) is 2.38. The molecule has 0 saturated carbocycles. The lowest BCUT2D eigenvalue weighted by atomic mass is 10.0. The maximum atomic E-state index is 13.0. The largest absolute Gasteiger partial charge is 0.361 e. The molecule has 3 aromatic rings. The zero-order valence-corrected chi connectivity index (χ0v) is 15.2. The maximum absolute atomic E-state index is 13.0.